The number of hydrogen-bond acceptors (Lipinski definition) is 5. The van der Waals surface area contributed by atoms with Crippen molar-refractivity contribution in [2.24, 2.45) is 0 Å². The molecule has 6 nitrogen and oxygen atoms in total. The van der Waals surface area contributed by atoms with Crippen LogP contribution in [0.15, 0.2) is 36.8 Å². The fourth-order valence-electron chi connectivity index (χ4n) is 2.34. The van der Waals surface area contributed by atoms with Crippen molar-refractivity contribution in [2.75, 3.05) is 30.9 Å². The van der Waals surface area contributed by atoms with Gasteiger partial charge < -0.3 is 9.80 Å². The summed E-state index contributed by atoms with van der Waals surface area (Å²) in [6.45, 7) is 0.777. The van der Waals surface area contributed by atoms with Crippen LogP contribution in [0, 0.1) is 0 Å². The minimum Gasteiger partial charge on any atom is -0.378 e. The summed E-state index contributed by atoms with van der Waals surface area (Å²) in [7, 11) is 6.11. The van der Waals surface area contributed by atoms with Gasteiger partial charge in [-0.25, -0.2) is 9.97 Å². The lowest BCUT2D eigenvalue weighted by Gasteiger charge is -2.20. The number of aromatic amines is 1. The van der Waals surface area contributed by atoms with Crippen LogP contribution in [0.2, 0.25) is 0 Å². The molecule has 0 aliphatic carbocycles. The van der Waals surface area contributed by atoms with E-state index in [1.807, 2.05) is 21.1 Å². The fourth-order valence-corrected chi connectivity index (χ4v) is 2.34. The summed E-state index contributed by atoms with van der Waals surface area (Å²) >= 11 is 0. The number of anilines is 2. The van der Waals surface area contributed by atoms with Gasteiger partial charge in [0.15, 0.2) is 5.65 Å². The minimum absolute atomic E-state index is 0.758. The average Bonchev–Trinajstić information content (AvgIpc) is 2.95. The van der Waals surface area contributed by atoms with Gasteiger partial charge in [0.25, 0.3) is 0 Å². The maximum atomic E-state index is 4.38. The highest BCUT2D eigenvalue weighted by Crippen LogP contribution is 2.22. The summed E-state index contributed by atoms with van der Waals surface area (Å²) in [4.78, 5) is 12.7. The molecule has 0 atom stereocenters. The summed E-state index contributed by atoms with van der Waals surface area (Å²) in [6, 6.07) is 8.48. The van der Waals surface area contributed by atoms with Crippen LogP contribution in [0.1, 0.15) is 5.56 Å². The third-order valence-electron chi connectivity index (χ3n) is 3.44. The molecule has 6 heteroatoms. The van der Waals surface area contributed by atoms with Gasteiger partial charge in [0.1, 0.15) is 12.1 Å². The molecule has 108 valence electrons. The van der Waals surface area contributed by atoms with Crippen molar-refractivity contribution in [2.45, 2.75) is 6.54 Å². The van der Waals surface area contributed by atoms with Crippen LogP contribution in [-0.2, 0) is 6.54 Å². The number of nitrogens with one attached hydrogen (secondary N) is 1. The lowest BCUT2D eigenvalue weighted by atomic mass is 10.2. The van der Waals surface area contributed by atoms with Crippen molar-refractivity contribution in [1.29, 1.82) is 0 Å². The number of hydrogen-bond donors (Lipinski definition) is 1. The molecule has 0 saturated heterocycles. The van der Waals surface area contributed by atoms with E-state index >= 15 is 0 Å². The standard InChI is InChI=1S/C15H18N6/c1-20(2)12-6-4-5-11(7-12)9-21(3)15-13-8-18-19-14(13)16-10-17-15/h4-8,10H,9H2,1-3H3,(H,16,17,18,19). The summed E-state index contributed by atoms with van der Waals surface area (Å²) in [5.74, 6) is 0.879. The van der Waals surface area contributed by atoms with Gasteiger partial charge in [-0.05, 0) is 17.7 Å². The first-order valence-corrected chi connectivity index (χ1v) is 6.76. The molecule has 0 fully saturated rings. The summed E-state index contributed by atoms with van der Waals surface area (Å²) < 4.78 is 0. The molecule has 0 radical (unpaired) electrons. The SMILES string of the molecule is CN(C)c1cccc(CN(C)c2ncnc3[nH]ncc23)c1. The Hall–Kier alpha value is -2.63. The number of rotatable bonds is 4. The highest BCUT2D eigenvalue weighted by Gasteiger charge is 2.10. The van der Waals surface area contributed by atoms with E-state index in [0.29, 0.717) is 0 Å². The second-order valence-electron chi connectivity index (χ2n) is 5.25. The predicted octanol–water partition coefficient (Wildman–Crippen LogP) is 2.06. The van der Waals surface area contributed by atoms with Crippen LogP contribution in [0.5, 0.6) is 0 Å². The van der Waals surface area contributed by atoms with E-state index in [0.717, 1.165) is 23.4 Å². The molecule has 0 aliphatic rings. The van der Waals surface area contributed by atoms with E-state index in [1.165, 1.54) is 11.3 Å². The zero-order chi connectivity index (χ0) is 14.8. The van der Waals surface area contributed by atoms with Gasteiger partial charge >= 0.3 is 0 Å². The molecule has 21 heavy (non-hydrogen) atoms. The maximum Gasteiger partial charge on any atom is 0.160 e. The molecule has 2 heterocycles. The number of fused-ring (bicyclic) bond motifs is 1. The largest absolute Gasteiger partial charge is 0.378 e. The second kappa shape index (κ2) is 5.40. The minimum atomic E-state index is 0.758. The van der Waals surface area contributed by atoms with Crippen molar-refractivity contribution in [3.05, 3.63) is 42.4 Å². The Morgan fingerprint density at radius 2 is 2.00 bits per heavy atom. The molecule has 0 amide bonds. The molecule has 0 unspecified atom stereocenters. The zero-order valence-corrected chi connectivity index (χ0v) is 12.4. The van der Waals surface area contributed by atoms with E-state index in [9.17, 15) is 0 Å². The lowest BCUT2D eigenvalue weighted by molar-refractivity contribution is 0.899. The molecule has 0 bridgehead atoms. The van der Waals surface area contributed by atoms with Crippen LogP contribution < -0.4 is 9.80 Å². The van der Waals surface area contributed by atoms with Crippen LogP contribution in [0.4, 0.5) is 11.5 Å². The molecular weight excluding hydrogens is 264 g/mol. The van der Waals surface area contributed by atoms with Crippen molar-refractivity contribution < 1.29 is 0 Å². The summed E-state index contributed by atoms with van der Waals surface area (Å²) in [5, 5.41) is 7.83. The van der Waals surface area contributed by atoms with Crippen LogP contribution in [-0.4, -0.2) is 41.3 Å². The number of benzene rings is 1. The van der Waals surface area contributed by atoms with E-state index in [4.69, 9.17) is 0 Å². The highest BCUT2D eigenvalue weighted by molar-refractivity contribution is 5.85. The van der Waals surface area contributed by atoms with Gasteiger partial charge in [-0.2, -0.15) is 5.10 Å². The molecule has 0 aliphatic heterocycles. The predicted molar refractivity (Wildman–Crippen MR) is 84.6 cm³/mol. The molecule has 3 rings (SSSR count). The molecule has 3 aromatic rings. The van der Waals surface area contributed by atoms with E-state index in [2.05, 4.69) is 54.2 Å². The smallest absolute Gasteiger partial charge is 0.160 e. The summed E-state index contributed by atoms with van der Waals surface area (Å²) in [6.07, 6.45) is 3.32. The van der Waals surface area contributed by atoms with Crippen molar-refractivity contribution in [3.8, 4) is 0 Å². The summed E-state index contributed by atoms with van der Waals surface area (Å²) in [5.41, 5.74) is 3.19. The van der Waals surface area contributed by atoms with Crippen molar-refractivity contribution in [1.82, 2.24) is 20.2 Å². The Labute approximate surface area is 123 Å². The van der Waals surface area contributed by atoms with Gasteiger partial charge in [-0.3, -0.25) is 5.10 Å². The first-order valence-electron chi connectivity index (χ1n) is 6.76. The first kappa shape index (κ1) is 13.4. The van der Waals surface area contributed by atoms with E-state index in [1.54, 1.807) is 12.5 Å². The average molecular weight is 282 g/mol. The third-order valence-corrected chi connectivity index (χ3v) is 3.44. The normalized spacial score (nSPS) is 10.8. The Morgan fingerprint density at radius 3 is 2.81 bits per heavy atom. The van der Waals surface area contributed by atoms with Gasteiger partial charge in [-0.15, -0.1) is 0 Å². The second-order valence-corrected chi connectivity index (χ2v) is 5.25. The van der Waals surface area contributed by atoms with Crippen LogP contribution in [0.3, 0.4) is 0 Å². The van der Waals surface area contributed by atoms with E-state index in [-0.39, 0.29) is 0 Å². The Bertz CT molecular complexity index is 749. The monoisotopic (exact) mass is 282 g/mol. The zero-order valence-electron chi connectivity index (χ0n) is 12.4. The molecule has 1 aromatic carbocycles. The molecule has 0 spiro atoms. The van der Waals surface area contributed by atoms with Crippen molar-refractivity contribution >= 4 is 22.5 Å². The first-order chi connectivity index (χ1) is 10.1. The lowest BCUT2D eigenvalue weighted by Crippen LogP contribution is -2.18. The van der Waals surface area contributed by atoms with Gasteiger partial charge in [0.05, 0.1) is 11.6 Å². The fraction of sp³-hybridized carbons (Fsp3) is 0.267. The number of aromatic nitrogens is 4. The van der Waals surface area contributed by atoms with Gasteiger partial charge in [0.2, 0.25) is 0 Å². The highest BCUT2D eigenvalue weighted by atomic mass is 15.2. The maximum absolute atomic E-state index is 4.38. The molecular formula is C15H18N6. The number of H-pyrrole nitrogens is 1. The Balaban J connectivity index is 1.88. The molecule has 2 aromatic heterocycles. The van der Waals surface area contributed by atoms with Gasteiger partial charge in [-0.1, -0.05) is 12.1 Å². The van der Waals surface area contributed by atoms with Crippen LogP contribution >= 0.6 is 0 Å². The van der Waals surface area contributed by atoms with Crippen molar-refractivity contribution in [3.63, 3.8) is 0 Å². The quantitative estimate of drug-likeness (QED) is 0.793. The Kier molecular flexibility index (Phi) is 3.43. The molecule has 1 N–H and O–H groups in total. The Morgan fingerprint density at radius 1 is 1.14 bits per heavy atom. The third kappa shape index (κ3) is 2.65. The van der Waals surface area contributed by atoms with Gasteiger partial charge in [0, 0.05) is 33.4 Å². The number of nitrogens with zero attached hydrogens (tertiary/aromatic N) is 5. The topological polar surface area (TPSA) is 60.9 Å². The molecule has 0 saturated carbocycles. The van der Waals surface area contributed by atoms with Crippen LogP contribution in [0.25, 0.3) is 11.0 Å². The van der Waals surface area contributed by atoms with E-state index < -0.39 is 0 Å².